The van der Waals surface area contributed by atoms with E-state index in [1.807, 2.05) is 30.0 Å². The van der Waals surface area contributed by atoms with Gasteiger partial charge in [-0.25, -0.2) is 0 Å². The van der Waals surface area contributed by atoms with E-state index in [0.717, 1.165) is 25.1 Å². The van der Waals surface area contributed by atoms with E-state index in [1.165, 1.54) is 5.56 Å². The van der Waals surface area contributed by atoms with E-state index >= 15 is 0 Å². The van der Waals surface area contributed by atoms with Gasteiger partial charge in [0.05, 0.1) is 18.6 Å². The molecule has 2 aliphatic rings. The summed E-state index contributed by atoms with van der Waals surface area (Å²) in [7, 11) is 1.63. The quantitative estimate of drug-likeness (QED) is 0.852. The molecule has 0 unspecified atom stereocenters. The lowest BCUT2D eigenvalue weighted by Crippen LogP contribution is -2.42. The summed E-state index contributed by atoms with van der Waals surface area (Å²) in [5.41, 5.74) is 2.24. The first-order valence-corrected chi connectivity index (χ1v) is 8.29. The highest BCUT2D eigenvalue weighted by atomic mass is 16.5. The number of para-hydroxylation sites is 1. The van der Waals surface area contributed by atoms with Gasteiger partial charge in [0.25, 0.3) is 0 Å². The number of ether oxygens (including phenoxy) is 1. The van der Waals surface area contributed by atoms with E-state index in [4.69, 9.17) is 4.74 Å². The molecule has 5 nitrogen and oxygen atoms in total. The van der Waals surface area contributed by atoms with E-state index in [9.17, 15) is 9.59 Å². The number of aryl methyl sites for hydroxylation is 1. The summed E-state index contributed by atoms with van der Waals surface area (Å²) in [6, 6.07) is 8.09. The maximum atomic E-state index is 13.0. The summed E-state index contributed by atoms with van der Waals surface area (Å²) < 4.78 is 5.13. The molecule has 2 atom stereocenters. The lowest BCUT2D eigenvalue weighted by molar-refractivity contribution is -0.130. The topological polar surface area (TPSA) is 49.9 Å². The number of amides is 2. The second-order valence-electron chi connectivity index (χ2n) is 6.47. The first-order valence-electron chi connectivity index (χ1n) is 8.29. The Morgan fingerprint density at radius 2 is 2.17 bits per heavy atom. The van der Waals surface area contributed by atoms with Gasteiger partial charge < -0.3 is 14.5 Å². The summed E-state index contributed by atoms with van der Waals surface area (Å²) in [4.78, 5) is 28.8. The third kappa shape index (κ3) is 3.11. The van der Waals surface area contributed by atoms with Crippen LogP contribution in [0, 0.1) is 5.92 Å². The van der Waals surface area contributed by atoms with Crippen LogP contribution in [0.4, 0.5) is 5.69 Å². The Morgan fingerprint density at radius 3 is 2.96 bits per heavy atom. The first kappa shape index (κ1) is 16.0. The van der Waals surface area contributed by atoms with Crippen LogP contribution in [0.2, 0.25) is 0 Å². The van der Waals surface area contributed by atoms with Gasteiger partial charge in [-0.15, -0.1) is 0 Å². The maximum absolute atomic E-state index is 13.0. The van der Waals surface area contributed by atoms with E-state index in [0.29, 0.717) is 19.6 Å². The fourth-order valence-corrected chi connectivity index (χ4v) is 3.64. The minimum Gasteiger partial charge on any atom is -0.383 e. The maximum Gasteiger partial charge on any atom is 0.232 e. The molecule has 2 amide bonds. The normalized spacial score (nSPS) is 22.2. The van der Waals surface area contributed by atoms with Crippen LogP contribution in [-0.2, 0) is 20.7 Å². The summed E-state index contributed by atoms with van der Waals surface area (Å²) in [6.45, 7) is 3.71. The number of methoxy groups -OCH3 is 1. The van der Waals surface area contributed by atoms with Crippen LogP contribution in [0.5, 0.6) is 0 Å². The molecule has 23 heavy (non-hydrogen) atoms. The lowest BCUT2D eigenvalue weighted by atomic mass is 9.99. The van der Waals surface area contributed by atoms with E-state index in [-0.39, 0.29) is 23.8 Å². The molecule has 1 fully saturated rings. The largest absolute Gasteiger partial charge is 0.383 e. The molecule has 5 heteroatoms. The van der Waals surface area contributed by atoms with Crippen molar-refractivity contribution in [1.82, 2.24) is 4.90 Å². The second-order valence-corrected chi connectivity index (χ2v) is 6.47. The van der Waals surface area contributed by atoms with Crippen LogP contribution in [0.15, 0.2) is 24.3 Å². The number of rotatable bonds is 4. The summed E-state index contributed by atoms with van der Waals surface area (Å²) in [6.07, 6.45) is 2.30. The second kappa shape index (κ2) is 6.71. The summed E-state index contributed by atoms with van der Waals surface area (Å²) in [5.74, 6) is -0.108. The Hall–Kier alpha value is -1.88. The van der Waals surface area contributed by atoms with Gasteiger partial charge in [-0.3, -0.25) is 9.59 Å². The minimum absolute atomic E-state index is 0.0129. The first-order chi connectivity index (χ1) is 11.1. The minimum atomic E-state index is -0.243. The summed E-state index contributed by atoms with van der Waals surface area (Å²) >= 11 is 0. The molecule has 2 heterocycles. The van der Waals surface area contributed by atoms with Gasteiger partial charge in [0.15, 0.2) is 0 Å². The molecule has 0 radical (unpaired) electrons. The van der Waals surface area contributed by atoms with Gasteiger partial charge in [0.2, 0.25) is 11.8 Å². The Bertz CT molecular complexity index is 602. The number of nitrogens with zero attached hydrogens (tertiary/aromatic N) is 2. The van der Waals surface area contributed by atoms with Crippen molar-refractivity contribution < 1.29 is 14.3 Å². The van der Waals surface area contributed by atoms with Crippen molar-refractivity contribution in [2.75, 3.05) is 31.7 Å². The van der Waals surface area contributed by atoms with Gasteiger partial charge in [0, 0.05) is 32.3 Å². The van der Waals surface area contributed by atoms with Crippen molar-refractivity contribution in [3.63, 3.8) is 0 Å². The number of hydrogen-bond donors (Lipinski definition) is 0. The molecule has 2 aliphatic heterocycles. The third-order valence-corrected chi connectivity index (χ3v) is 4.82. The fourth-order valence-electron chi connectivity index (χ4n) is 3.64. The van der Waals surface area contributed by atoms with Crippen LogP contribution >= 0.6 is 0 Å². The van der Waals surface area contributed by atoms with Crippen LogP contribution in [0.1, 0.15) is 25.3 Å². The predicted molar refractivity (Wildman–Crippen MR) is 88.3 cm³/mol. The Labute approximate surface area is 137 Å². The molecule has 0 aromatic heterocycles. The van der Waals surface area contributed by atoms with Gasteiger partial charge in [-0.2, -0.15) is 0 Å². The number of likely N-dealkylation sites (tertiary alicyclic amines) is 1. The molecule has 0 spiro atoms. The van der Waals surface area contributed by atoms with Crippen molar-refractivity contribution >= 4 is 17.5 Å². The zero-order valence-corrected chi connectivity index (χ0v) is 13.8. The van der Waals surface area contributed by atoms with Crippen LogP contribution in [0.25, 0.3) is 0 Å². The standard InChI is InChI=1S/C18H24N2O3/c1-13(12-23-2)20-11-15(10-17(20)21)18(22)19-9-5-7-14-6-3-4-8-16(14)19/h3-4,6,8,13,15H,5,7,9-12H2,1-2H3/t13-,15-/m1/s1. The lowest BCUT2D eigenvalue weighted by Gasteiger charge is -2.31. The van der Waals surface area contributed by atoms with Crippen LogP contribution < -0.4 is 4.90 Å². The van der Waals surface area contributed by atoms with Crippen molar-refractivity contribution in [3.05, 3.63) is 29.8 Å². The van der Waals surface area contributed by atoms with E-state index in [1.54, 1.807) is 12.0 Å². The molecule has 0 N–H and O–H groups in total. The average molecular weight is 316 g/mol. The Morgan fingerprint density at radius 1 is 1.39 bits per heavy atom. The number of carbonyl (C=O) groups is 2. The van der Waals surface area contributed by atoms with Crippen molar-refractivity contribution in [1.29, 1.82) is 0 Å². The fraction of sp³-hybridized carbons (Fsp3) is 0.556. The molecule has 3 rings (SSSR count). The van der Waals surface area contributed by atoms with Gasteiger partial charge in [0.1, 0.15) is 0 Å². The predicted octanol–water partition coefficient (Wildman–Crippen LogP) is 1.85. The van der Waals surface area contributed by atoms with Crippen molar-refractivity contribution in [2.45, 2.75) is 32.2 Å². The Kier molecular flexibility index (Phi) is 4.66. The highest BCUT2D eigenvalue weighted by Gasteiger charge is 2.39. The molecule has 0 saturated carbocycles. The molecule has 0 aliphatic carbocycles. The zero-order chi connectivity index (χ0) is 16.4. The Balaban J connectivity index is 1.74. The summed E-state index contributed by atoms with van der Waals surface area (Å²) in [5, 5.41) is 0. The van der Waals surface area contributed by atoms with Crippen molar-refractivity contribution in [2.24, 2.45) is 5.92 Å². The van der Waals surface area contributed by atoms with Crippen LogP contribution in [0.3, 0.4) is 0 Å². The molecular formula is C18H24N2O3. The van der Waals surface area contributed by atoms with E-state index < -0.39 is 0 Å². The SMILES string of the molecule is COC[C@@H](C)N1C[C@H](C(=O)N2CCCc3ccccc32)CC1=O. The third-order valence-electron chi connectivity index (χ3n) is 4.82. The molecule has 124 valence electrons. The van der Waals surface area contributed by atoms with Crippen molar-refractivity contribution in [3.8, 4) is 0 Å². The van der Waals surface area contributed by atoms with E-state index in [2.05, 4.69) is 6.07 Å². The monoisotopic (exact) mass is 316 g/mol. The zero-order valence-electron chi connectivity index (χ0n) is 13.8. The smallest absolute Gasteiger partial charge is 0.232 e. The number of hydrogen-bond acceptors (Lipinski definition) is 3. The van der Waals surface area contributed by atoms with Gasteiger partial charge in [-0.1, -0.05) is 18.2 Å². The molecule has 1 aromatic rings. The van der Waals surface area contributed by atoms with Gasteiger partial charge >= 0.3 is 0 Å². The number of anilines is 1. The van der Waals surface area contributed by atoms with Gasteiger partial charge in [-0.05, 0) is 31.4 Å². The van der Waals surface area contributed by atoms with Crippen LogP contribution in [-0.4, -0.2) is 49.6 Å². The molecule has 1 aromatic carbocycles. The highest BCUT2D eigenvalue weighted by molar-refractivity contribution is 5.99. The highest BCUT2D eigenvalue weighted by Crippen LogP contribution is 2.30. The number of fused-ring (bicyclic) bond motifs is 1. The number of benzene rings is 1. The molecular weight excluding hydrogens is 292 g/mol. The number of carbonyl (C=O) groups excluding carboxylic acids is 2. The molecule has 0 bridgehead atoms. The molecule has 1 saturated heterocycles. The average Bonchev–Trinajstić information content (AvgIpc) is 2.96.